The van der Waals surface area contributed by atoms with E-state index in [1.807, 2.05) is 0 Å². The molecule has 0 radical (unpaired) electrons. The van der Waals surface area contributed by atoms with Gasteiger partial charge in [0.05, 0.1) is 5.69 Å². The van der Waals surface area contributed by atoms with Crippen LogP contribution in [0.1, 0.15) is 16.1 Å². The molecule has 0 aliphatic rings. The smallest absolute Gasteiger partial charge is 0.258 e. The summed E-state index contributed by atoms with van der Waals surface area (Å²) in [4.78, 5) is 15.9. The minimum Gasteiger partial charge on any atom is -0.373 e. The second-order valence-electron chi connectivity index (χ2n) is 3.60. The van der Waals surface area contributed by atoms with E-state index in [4.69, 9.17) is 16.1 Å². The number of hydrogen-bond acceptors (Lipinski definition) is 5. The number of aryl methyl sites for hydroxylation is 1. The van der Waals surface area contributed by atoms with Crippen LogP contribution in [0.25, 0.3) is 0 Å². The number of aromatic nitrogens is 2. The van der Waals surface area contributed by atoms with Gasteiger partial charge >= 0.3 is 0 Å². The number of amides is 1. The van der Waals surface area contributed by atoms with Gasteiger partial charge in [0.15, 0.2) is 0 Å². The topological polar surface area (TPSA) is 80.0 Å². The molecule has 0 aliphatic carbocycles. The van der Waals surface area contributed by atoms with Gasteiger partial charge in [-0.25, -0.2) is 4.98 Å². The minimum atomic E-state index is -0.341. The van der Waals surface area contributed by atoms with Crippen molar-refractivity contribution in [2.45, 2.75) is 6.92 Å². The first-order valence-electron chi connectivity index (χ1n) is 5.18. The molecule has 7 heteroatoms. The Morgan fingerprint density at radius 2 is 2.17 bits per heavy atom. The van der Waals surface area contributed by atoms with Gasteiger partial charge in [-0.15, -0.1) is 0 Å². The van der Waals surface area contributed by atoms with Crippen molar-refractivity contribution in [3.8, 4) is 0 Å². The van der Waals surface area contributed by atoms with E-state index in [0.717, 1.165) is 0 Å². The van der Waals surface area contributed by atoms with E-state index >= 15 is 0 Å². The Bertz CT molecular complexity index is 582. The van der Waals surface area contributed by atoms with Crippen LogP contribution in [-0.4, -0.2) is 23.1 Å². The SMILES string of the molecule is CNc1cc(C(=O)Nc2cc(C)no2)cc(Cl)n1. The van der Waals surface area contributed by atoms with Crippen molar-refractivity contribution in [3.63, 3.8) is 0 Å². The Labute approximate surface area is 108 Å². The molecule has 0 bridgehead atoms. The molecule has 0 saturated carbocycles. The Balaban J connectivity index is 2.20. The van der Waals surface area contributed by atoms with Crippen molar-refractivity contribution in [1.82, 2.24) is 10.1 Å². The molecule has 0 unspecified atom stereocenters. The molecular weight excluding hydrogens is 256 g/mol. The lowest BCUT2D eigenvalue weighted by molar-refractivity contribution is 0.102. The lowest BCUT2D eigenvalue weighted by Crippen LogP contribution is -2.12. The fraction of sp³-hybridized carbons (Fsp3) is 0.182. The second-order valence-corrected chi connectivity index (χ2v) is 3.99. The standard InChI is InChI=1S/C11H11ClN4O2/c1-6-3-10(18-16-6)15-11(17)7-4-8(12)14-9(5-7)13-2/h3-5H,1-2H3,(H,13,14)(H,15,17). The number of rotatable bonds is 3. The van der Waals surface area contributed by atoms with Crippen LogP contribution >= 0.6 is 11.6 Å². The van der Waals surface area contributed by atoms with Crippen molar-refractivity contribution in [3.05, 3.63) is 34.6 Å². The van der Waals surface area contributed by atoms with E-state index in [1.165, 1.54) is 6.07 Å². The monoisotopic (exact) mass is 266 g/mol. The minimum absolute atomic E-state index is 0.237. The molecular formula is C11H11ClN4O2. The fourth-order valence-corrected chi connectivity index (χ4v) is 1.57. The summed E-state index contributed by atoms with van der Waals surface area (Å²) >= 11 is 5.81. The van der Waals surface area contributed by atoms with Gasteiger partial charge in [0, 0.05) is 18.7 Å². The van der Waals surface area contributed by atoms with Crippen LogP contribution < -0.4 is 10.6 Å². The Morgan fingerprint density at radius 1 is 1.39 bits per heavy atom. The predicted molar refractivity (Wildman–Crippen MR) is 68.0 cm³/mol. The van der Waals surface area contributed by atoms with Gasteiger partial charge in [0.1, 0.15) is 11.0 Å². The van der Waals surface area contributed by atoms with E-state index < -0.39 is 0 Å². The maximum atomic E-state index is 11.9. The molecule has 0 saturated heterocycles. The molecule has 18 heavy (non-hydrogen) atoms. The molecule has 0 spiro atoms. The predicted octanol–water partition coefficient (Wildman–Crippen LogP) is 2.33. The molecule has 0 aromatic carbocycles. The molecule has 2 aromatic rings. The normalized spacial score (nSPS) is 10.2. The molecule has 0 aliphatic heterocycles. The molecule has 2 aromatic heterocycles. The van der Waals surface area contributed by atoms with E-state index in [0.29, 0.717) is 17.1 Å². The summed E-state index contributed by atoms with van der Waals surface area (Å²) in [6, 6.07) is 4.69. The molecule has 6 nitrogen and oxygen atoms in total. The third kappa shape index (κ3) is 2.78. The zero-order valence-electron chi connectivity index (χ0n) is 9.82. The highest BCUT2D eigenvalue weighted by atomic mass is 35.5. The van der Waals surface area contributed by atoms with E-state index in [2.05, 4.69) is 20.8 Å². The van der Waals surface area contributed by atoms with E-state index in [1.54, 1.807) is 26.1 Å². The Hall–Kier alpha value is -2.08. The van der Waals surface area contributed by atoms with Gasteiger partial charge in [-0.2, -0.15) is 0 Å². The number of halogens is 1. The van der Waals surface area contributed by atoms with Crippen molar-refractivity contribution < 1.29 is 9.32 Å². The summed E-state index contributed by atoms with van der Waals surface area (Å²) < 4.78 is 4.90. The number of hydrogen-bond donors (Lipinski definition) is 2. The fourth-order valence-electron chi connectivity index (χ4n) is 1.36. The van der Waals surface area contributed by atoms with Crippen LogP contribution in [0.5, 0.6) is 0 Å². The maximum absolute atomic E-state index is 11.9. The van der Waals surface area contributed by atoms with Crippen molar-refractivity contribution in [2.24, 2.45) is 0 Å². The van der Waals surface area contributed by atoms with Gasteiger partial charge < -0.3 is 9.84 Å². The van der Waals surface area contributed by atoms with Gasteiger partial charge in [-0.05, 0) is 19.1 Å². The van der Waals surface area contributed by atoms with E-state index in [-0.39, 0.29) is 16.9 Å². The number of carbonyl (C=O) groups is 1. The van der Waals surface area contributed by atoms with Gasteiger partial charge in [0.2, 0.25) is 5.88 Å². The van der Waals surface area contributed by atoms with Crippen molar-refractivity contribution >= 4 is 29.2 Å². The van der Waals surface area contributed by atoms with Gasteiger partial charge in [-0.3, -0.25) is 10.1 Å². The lowest BCUT2D eigenvalue weighted by Gasteiger charge is -2.04. The summed E-state index contributed by atoms with van der Waals surface area (Å²) in [5.41, 5.74) is 1.07. The highest BCUT2D eigenvalue weighted by Crippen LogP contribution is 2.16. The largest absolute Gasteiger partial charge is 0.373 e. The van der Waals surface area contributed by atoms with Crippen LogP contribution in [-0.2, 0) is 0 Å². The molecule has 2 N–H and O–H groups in total. The summed E-state index contributed by atoms with van der Waals surface area (Å²) in [6.45, 7) is 1.77. The number of nitrogens with one attached hydrogen (secondary N) is 2. The number of anilines is 2. The summed E-state index contributed by atoms with van der Waals surface area (Å²) in [6.07, 6.45) is 0. The Morgan fingerprint density at radius 3 is 2.78 bits per heavy atom. The molecule has 1 amide bonds. The van der Waals surface area contributed by atoms with Crippen LogP contribution in [0.2, 0.25) is 5.15 Å². The first kappa shape index (κ1) is 12.4. The van der Waals surface area contributed by atoms with Crippen LogP contribution in [0, 0.1) is 6.92 Å². The van der Waals surface area contributed by atoms with Gasteiger partial charge in [0.25, 0.3) is 5.91 Å². The van der Waals surface area contributed by atoms with E-state index in [9.17, 15) is 4.79 Å². The van der Waals surface area contributed by atoms with Crippen molar-refractivity contribution in [2.75, 3.05) is 17.7 Å². The first-order valence-corrected chi connectivity index (χ1v) is 5.56. The third-order valence-electron chi connectivity index (χ3n) is 2.18. The zero-order valence-corrected chi connectivity index (χ0v) is 10.6. The van der Waals surface area contributed by atoms with Crippen LogP contribution in [0.4, 0.5) is 11.7 Å². The Kier molecular flexibility index (Phi) is 3.47. The average molecular weight is 267 g/mol. The highest BCUT2D eigenvalue weighted by Gasteiger charge is 2.11. The molecule has 0 atom stereocenters. The molecule has 94 valence electrons. The molecule has 0 fully saturated rings. The summed E-state index contributed by atoms with van der Waals surface area (Å²) in [5, 5.41) is 9.31. The van der Waals surface area contributed by atoms with Crippen LogP contribution in [0.15, 0.2) is 22.7 Å². The average Bonchev–Trinajstić information content (AvgIpc) is 2.73. The summed E-state index contributed by atoms with van der Waals surface area (Å²) in [7, 11) is 1.69. The van der Waals surface area contributed by atoms with Gasteiger partial charge in [-0.1, -0.05) is 16.8 Å². The van der Waals surface area contributed by atoms with Crippen molar-refractivity contribution in [1.29, 1.82) is 0 Å². The second kappa shape index (κ2) is 5.05. The molecule has 2 heterocycles. The third-order valence-corrected chi connectivity index (χ3v) is 2.37. The number of nitrogens with zero attached hydrogens (tertiary/aromatic N) is 2. The van der Waals surface area contributed by atoms with Crippen LogP contribution in [0.3, 0.4) is 0 Å². The number of carbonyl (C=O) groups excluding carboxylic acids is 1. The quantitative estimate of drug-likeness (QED) is 0.834. The number of pyridine rings is 1. The maximum Gasteiger partial charge on any atom is 0.258 e. The lowest BCUT2D eigenvalue weighted by atomic mass is 10.2. The highest BCUT2D eigenvalue weighted by molar-refractivity contribution is 6.30. The first-order chi connectivity index (χ1) is 8.58. The zero-order chi connectivity index (χ0) is 13.1. The summed E-state index contributed by atoms with van der Waals surface area (Å²) in [5.74, 6) is 0.463. The molecule has 2 rings (SSSR count).